The van der Waals surface area contributed by atoms with Gasteiger partial charge in [0.25, 0.3) is 0 Å². The molecule has 0 unspecified atom stereocenters. The first-order chi connectivity index (χ1) is 10.5. The summed E-state index contributed by atoms with van der Waals surface area (Å²) >= 11 is 0. The number of benzene rings is 1. The van der Waals surface area contributed by atoms with Crippen LogP contribution in [0.2, 0.25) is 0 Å². The number of nitrogens with zero attached hydrogens (tertiary/aromatic N) is 1. The summed E-state index contributed by atoms with van der Waals surface area (Å²) in [5.41, 5.74) is 1.18. The molecule has 0 bridgehead atoms. The molecule has 2 heterocycles. The molecule has 0 aliphatic carbocycles. The molecule has 0 radical (unpaired) electrons. The number of carbonyl (C=O) groups is 1. The number of nitrogens with one attached hydrogen (secondary N) is 1. The van der Waals surface area contributed by atoms with Gasteiger partial charge in [0.05, 0.1) is 5.69 Å². The molecule has 0 amide bonds. The molecule has 1 aromatic carbocycles. The quantitative estimate of drug-likeness (QED) is 0.867. The number of aromatic nitrogens is 1. The Morgan fingerprint density at radius 3 is 2.73 bits per heavy atom. The zero-order chi connectivity index (χ0) is 15.7. The van der Waals surface area contributed by atoms with Crippen molar-refractivity contribution < 1.29 is 9.18 Å². The lowest BCUT2D eigenvalue weighted by Crippen LogP contribution is -2.43. The molecule has 1 aliphatic heterocycles. The van der Waals surface area contributed by atoms with Gasteiger partial charge in [0, 0.05) is 16.3 Å². The van der Waals surface area contributed by atoms with Gasteiger partial charge in [-0.2, -0.15) is 0 Å². The number of halogens is 1. The number of hydrogen-bond donors (Lipinski definition) is 1. The summed E-state index contributed by atoms with van der Waals surface area (Å²) in [5.74, 6) is -0.0767. The fourth-order valence-electron chi connectivity index (χ4n) is 3.63. The first kappa shape index (κ1) is 15.2. The largest absolute Gasteiger partial charge is 0.352 e. The van der Waals surface area contributed by atoms with Crippen LogP contribution in [0.25, 0.3) is 10.9 Å². The van der Waals surface area contributed by atoms with E-state index in [9.17, 15) is 9.18 Å². The van der Waals surface area contributed by atoms with Crippen LogP contribution in [0.3, 0.4) is 0 Å². The molecule has 0 spiro atoms. The number of piperidine rings is 1. The standard InChI is InChI=1S/C18H23FN2O/c1-3-6-18(7-9-21(2)10-8-18)17(22)16-12-13-11-14(19)4-5-15(13)20-16/h4-5,11-12,20H,3,6-10H2,1-2H3. The molecule has 1 saturated heterocycles. The van der Waals surface area contributed by atoms with Crippen molar-refractivity contribution in [1.29, 1.82) is 0 Å². The van der Waals surface area contributed by atoms with Crippen molar-refractivity contribution in [2.45, 2.75) is 32.6 Å². The van der Waals surface area contributed by atoms with E-state index in [1.165, 1.54) is 12.1 Å². The molecule has 0 saturated carbocycles. The number of likely N-dealkylation sites (tertiary alicyclic amines) is 1. The van der Waals surface area contributed by atoms with E-state index < -0.39 is 0 Å². The van der Waals surface area contributed by atoms with Gasteiger partial charge in [-0.15, -0.1) is 0 Å². The summed E-state index contributed by atoms with van der Waals surface area (Å²) in [6, 6.07) is 6.40. The van der Waals surface area contributed by atoms with Crippen LogP contribution in [0.1, 0.15) is 43.1 Å². The third-order valence-corrected chi connectivity index (χ3v) is 4.98. The van der Waals surface area contributed by atoms with Crippen LogP contribution in [0.5, 0.6) is 0 Å². The van der Waals surface area contributed by atoms with E-state index in [2.05, 4.69) is 23.9 Å². The Hall–Kier alpha value is -1.68. The number of ketones is 1. The third kappa shape index (κ3) is 2.68. The minimum atomic E-state index is -0.270. The van der Waals surface area contributed by atoms with Crippen molar-refractivity contribution in [3.63, 3.8) is 0 Å². The molecule has 118 valence electrons. The van der Waals surface area contributed by atoms with Crippen LogP contribution in [0.4, 0.5) is 4.39 Å². The summed E-state index contributed by atoms with van der Waals surface area (Å²) in [5, 5.41) is 0.767. The Balaban J connectivity index is 1.94. The van der Waals surface area contributed by atoms with Gasteiger partial charge >= 0.3 is 0 Å². The van der Waals surface area contributed by atoms with Gasteiger partial charge in [-0.1, -0.05) is 13.3 Å². The highest BCUT2D eigenvalue weighted by atomic mass is 19.1. The van der Waals surface area contributed by atoms with Gasteiger partial charge in [-0.05, 0) is 63.7 Å². The van der Waals surface area contributed by atoms with Gasteiger partial charge in [-0.3, -0.25) is 4.79 Å². The summed E-state index contributed by atoms with van der Waals surface area (Å²) in [7, 11) is 2.10. The van der Waals surface area contributed by atoms with Crippen molar-refractivity contribution in [2.24, 2.45) is 5.41 Å². The monoisotopic (exact) mass is 302 g/mol. The Morgan fingerprint density at radius 1 is 1.32 bits per heavy atom. The maximum Gasteiger partial charge on any atom is 0.185 e. The average molecular weight is 302 g/mol. The van der Waals surface area contributed by atoms with Gasteiger partial charge in [0.1, 0.15) is 5.82 Å². The molecule has 0 atom stereocenters. The Morgan fingerprint density at radius 2 is 2.05 bits per heavy atom. The van der Waals surface area contributed by atoms with Crippen LogP contribution >= 0.6 is 0 Å². The third-order valence-electron chi connectivity index (χ3n) is 4.98. The molecular formula is C18H23FN2O. The van der Waals surface area contributed by atoms with Gasteiger partial charge < -0.3 is 9.88 Å². The van der Waals surface area contributed by atoms with Crippen LogP contribution in [-0.2, 0) is 0 Å². The van der Waals surface area contributed by atoms with Crippen molar-refractivity contribution in [3.05, 3.63) is 35.8 Å². The Bertz CT molecular complexity index is 683. The number of Topliss-reactive ketones (excluding diaryl/α,β-unsaturated/α-hetero) is 1. The number of hydrogen-bond acceptors (Lipinski definition) is 2. The molecule has 3 rings (SSSR count). The normalized spacial score (nSPS) is 18.7. The lowest BCUT2D eigenvalue weighted by molar-refractivity contribution is 0.0596. The summed E-state index contributed by atoms with van der Waals surface area (Å²) in [4.78, 5) is 18.6. The average Bonchev–Trinajstić information content (AvgIpc) is 2.92. The highest BCUT2D eigenvalue weighted by molar-refractivity contribution is 6.03. The van der Waals surface area contributed by atoms with Crippen LogP contribution in [0.15, 0.2) is 24.3 Å². The zero-order valence-electron chi connectivity index (χ0n) is 13.3. The molecule has 1 fully saturated rings. The van der Waals surface area contributed by atoms with Crippen molar-refractivity contribution in [3.8, 4) is 0 Å². The minimum absolute atomic E-state index is 0.194. The topological polar surface area (TPSA) is 36.1 Å². The predicted molar refractivity (Wildman–Crippen MR) is 86.7 cm³/mol. The Labute approximate surface area is 130 Å². The smallest absolute Gasteiger partial charge is 0.185 e. The summed E-state index contributed by atoms with van der Waals surface area (Å²) in [6.45, 7) is 4.05. The van der Waals surface area contributed by atoms with Crippen LogP contribution in [0, 0.1) is 11.2 Å². The van der Waals surface area contributed by atoms with Crippen molar-refractivity contribution in [1.82, 2.24) is 9.88 Å². The fraction of sp³-hybridized carbons (Fsp3) is 0.500. The number of H-pyrrole nitrogens is 1. The zero-order valence-corrected chi connectivity index (χ0v) is 13.3. The lowest BCUT2D eigenvalue weighted by atomic mass is 9.71. The maximum absolute atomic E-state index is 13.3. The fourth-order valence-corrected chi connectivity index (χ4v) is 3.63. The predicted octanol–water partition coefficient (Wildman–Crippen LogP) is 4.00. The second-order valence-electron chi connectivity index (χ2n) is 6.58. The first-order valence-electron chi connectivity index (χ1n) is 8.06. The minimum Gasteiger partial charge on any atom is -0.352 e. The molecule has 1 aromatic heterocycles. The molecule has 4 heteroatoms. The first-order valence-corrected chi connectivity index (χ1v) is 8.06. The second kappa shape index (κ2) is 5.84. The SMILES string of the molecule is CCCC1(C(=O)c2cc3cc(F)ccc3[nH]2)CCN(C)CC1. The van der Waals surface area contributed by atoms with Gasteiger partial charge in [-0.25, -0.2) is 4.39 Å². The van der Waals surface area contributed by atoms with E-state index in [0.29, 0.717) is 5.69 Å². The molecule has 3 nitrogen and oxygen atoms in total. The molecular weight excluding hydrogens is 279 g/mol. The van der Waals surface area contributed by atoms with Gasteiger partial charge in [0.15, 0.2) is 5.78 Å². The molecule has 22 heavy (non-hydrogen) atoms. The summed E-state index contributed by atoms with van der Waals surface area (Å²) in [6.07, 6.45) is 3.73. The highest BCUT2D eigenvalue weighted by Gasteiger charge is 2.40. The summed E-state index contributed by atoms with van der Waals surface area (Å²) < 4.78 is 13.3. The Kier molecular flexibility index (Phi) is 4.04. The molecule has 1 aliphatic rings. The van der Waals surface area contributed by atoms with E-state index in [4.69, 9.17) is 0 Å². The van der Waals surface area contributed by atoms with Crippen LogP contribution in [-0.4, -0.2) is 35.8 Å². The van der Waals surface area contributed by atoms with E-state index >= 15 is 0 Å². The maximum atomic E-state index is 13.3. The highest BCUT2D eigenvalue weighted by Crippen LogP contribution is 2.39. The number of aromatic amines is 1. The van der Waals surface area contributed by atoms with E-state index in [0.717, 1.165) is 49.7 Å². The lowest BCUT2D eigenvalue weighted by Gasteiger charge is -2.39. The van der Waals surface area contributed by atoms with E-state index in [1.54, 1.807) is 12.1 Å². The number of fused-ring (bicyclic) bond motifs is 1. The van der Waals surface area contributed by atoms with E-state index in [1.807, 2.05) is 0 Å². The van der Waals surface area contributed by atoms with Crippen molar-refractivity contribution >= 4 is 16.7 Å². The number of carbonyl (C=O) groups excluding carboxylic acids is 1. The van der Waals surface area contributed by atoms with Gasteiger partial charge in [0.2, 0.25) is 0 Å². The van der Waals surface area contributed by atoms with Crippen LogP contribution < -0.4 is 0 Å². The van der Waals surface area contributed by atoms with E-state index in [-0.39, 0.29) is 17.0 Å². The van der Waals surface area contributed by atoms with Crippen molar-refractivity contribution in [2.75, 3.05) is 20.1 Å². The number of rotatable bonds is 4. The molecule has 1 N–H and O–H groups in total. The molecule has 2 aromatic rings. The second-order valence-corrected chi connectivity index (χ2v) is 6.58.